The van der Waals surface area contributed by atoms with E-state index < -0.39 is 18.8 Å². The van der Waals surface area contributed by atoms with Crippen LogP contribution in [0.4, 0.5) is 28.9 Å². The van der Waals surface area contributed by atoms with Crippen molar-refractivity contribution in [3.05, 3.63) is 51.9 Å². The molecule has 1 saturated heterocycles. The van der Waals surface area contributed by atoms with Crippen molar-refractivity contribution < 1.29 is 17.6 Å². The predicted octanol–water partition coefficient (Wildman–Crippen LogP) is 6.94. The van der Waals surface area contributed by atoms with Gasteiger partial charge in [-0.2, -0.15) is 13.2 Å². The first-order valence-electron chi connectivity index (χ1n) is 11.9. The van der Waals surface area contributed by atoms with Gasteiger partial charge in [-0.1, -0.05) is 49.6 Å². The summed E-state index contributed by atoms with van der Waals surface area (Å²) in [5, 5.41) is 8.68. The summed E-state index contributed by atoms with van der Waals surface area (Å²) in [5.41, 5.74) is 1.53. The van der Waals surface area contributed by atoms with Crippen LogP contribution in [-0.2, 0) is 6.42 Å². The molecule has 0 saturated carbocycles. The molecular weight excluding hydrogens is 541 g/mol. The topological polar surface area (TPSA) is 27.3 Å². The van der Waals surface area contributed by atoms with Gasteiger partial charge in [-0.3, -0.25) is 0 Å². The van der Waals surface area contributed by atoms with Gasteiger partial charge in [0.05, 0.1) is 45.0 Å². The standard InChI is InChI=1S/C27H29ClF4N3PS/c1-35-13-11-23(21(29)16-35)34-24-7-4-6-18-19(15-27(30,31)32)25(37-26(18)24)8-5-12-33-22-10-9-17(36(2)3)14-20(22)28/h4,6-7,9-10,14,21,23,33-34H,11-13,15-16H2,1-3H3. The first-order valence-corrected chi connectivity index (χ1v) is 15.3. The highest BCUT2D eigenvalue weighted by Gasteiger charge is 2.32. The summed E-state index contributed by atoms with van der Waals surface area (Å²) < 4.78 is 55.8. The van der Waals surface area contributed by atoms with Crippen molar-refractivity contribution >= 4 is 57.6 Å². The van der Waals surface area contributed by atoms with Crippen LogP contribution in [0.25, 0.3) is 10.1 Å². The third-order valence-corrected chi connectivity index (χ3v) is 9.14. The minimum atomic E-state index is -4.38. The summed E-state index contributed by atoms with van der Waals surface area (Å²) in [4.78, 5) is 2.30. The molecule has 2 atom stereocenters. The zero-order chi connectivity index (χ0) is 26.7. The van der Waals surface area contributed by atoms with Crippen molar-refractivity contribution in [2.75, 3.05) is 50.6 Å². The summed E-state index contributed by atoms with van der Waals surface area (Å²) >= 11 is 7.59. The van der Waals surface area contributed by atoms with Crippen LogP contribution < -0.4 is 15.9 Å². The first kappa shape index (κ1) is 28.0. The van der Waals surface area contributed by atoms with Gasteiger partial charge in [0.2, 0.25) is 0 Å². The van der Waals surface area contributed by atoms with Crippen LogP contribution in [0.3, 0.4) is 0 Å². The summed E-state index contributed by atoms with van der Waals surface area (Å²) in [6, 6.07) is 10.6. The Morgan fingerprint density at radius 1 is 1.19 bits per heavy atom. The molecule has 1 aliphatic rings. The highest BCUT2D eigenvalue weighted by Crippen LogP contribution is 2.39. The smallest absolute Gasteiger partial charge is 0.378 e. The van der Waals surface area contributed by atoms with E-state index in [0.717, 1.165) is 12.2 Å². The number of thiophene rings is 1. The fourth-order valence-corrected chi connectivity index (χ4v) is 6.62. The number of halogens is 5. The fourth-order valence-electron chi connectivity index (χ4n) is 4.37. The number of piperidine rings is 1. The van der Waals surface area contributed by atoms with Gasteiger partial charge in [0.15, 0.2) is 0 Å². The highest BCUT2D eigenvalue weighted by atomic mass is 35.5. The Kier molecular flexibility index (Phi) is 8.91. The molecule has 2 N–H and O–H groups in total. The van der Waals surface area contributed by atoms with E-state index in [4.69, 9.17) is 11.6 Å². The van der Waals surface area contributed by atoms with E-state index in [1.54, 1.807) is 18.2 Å². The summed E-state index contributed by atoms with van der Waals surface area (Å²) in [7, 11) is 1.61. The number of anilines is 2. The number of nitrogens with zero attached hydrogens (tertiary/aromatic N) is 1. The van der Waals surface area contributed by atoms with E-state index in [2.05, 4.69) is 35.8 Å². The van der Waals surface area contributed by atoms with Crippen molar-refractivity contribution in [1.29, 1.82) is 0 Å². The second-order valence-electron chi connectivity index (χ2n) is 9.42. The number of likely N-dealkylation sites (tertiary alicyclic amines) is 1. The minimum absolute atomic E-state index is 0.158. The van der Waals surface area contributed by atoms with Gasteiger partial charge in [0.25, 0.3) is 0 Å². The van der Waals surface area contributed by atoms with Crippen molar-refractivity contribution in [1.82, 2.24) is 4.90 Å². The zero-order valence-electron chi connectivity index (χ0n) is 20.8. The number of benzene rings is 2. The number of nitrogens with one attached hydrogen (secondary N) is 2. The van der Waals surface area contributed by atoms with Crippen LogP contribution in [0.15, 0.2) is 36.4 Å². The van der Waals surface area contributed by atoms with Gasteiger partial charge in [-0.15, -0.1) is 11.3 Å². The van der Waals surface area contributed by atoms with Crippen molar-refractivity contribution in [2.24, 2.45) is 0 Å². The largest absolute Gasteiger partial charge is 0.393 e. The molecule has 0 aliphatic carbocycles. The molecule has 0 spiro atoms. The lowest BCUT2D eigenvalue weighted by atomic mass is 10.0. The average Bonchev–Trinajstić information content (AvgIpc) is 3.16. The maximum atomic E-state index is 14.6. The molecule has 1 fully saturated rings. The molecule has 2 unspecified atom stereocenters. The van der Waals surface area contributed by atoms with E-state index in [0.29, 0.717) is 38.6 Å². The summed E-state index contributed by atoms with van der Waals surface area (Å²) in [6.45, 7) is 5.61. The van der Waals surface area contributed by atoms with E-state index in [-0.39, 0.29) is 26.1 Å². The lowest BCUT2D eigenvalue weighted by molar-refractivity contribution is -0.126. The first-order chi connectivity index (χ1) is 17.5. The molecule has 1 aliphatic heterocycles. The monoisotopic (exact) mass is 569 g/mol. The van der Waals surface area contributed by atoms with Gasteiger partial charge in [-0.25, -0.2) is 4.39 Å². The van der Waals surface area contributed by atoms with Gasteiger partial charge >= 0.3 is 6.18 Å². The van der Waals surface area contributed by atoms with Crippen LogP contribution in [0.2, 0.25) is 5.02 Å². The Bertz CT molecular complexity index is 1310. The quantitative estimate of drug-likeness (QED) is 0.191. The Morgan fingerprint density at radius 3 is 2.65 bits per heavy atom. The minimum Gasteiger partial charge on any atom is -0.378 e. The fraction of sp³-hybridized carbons (Fsp3) is 0.407. The molecule has 37 heavy (non-hydrogen) atoms. The lowest BCUT2D eigenvalue weighted by Crippen LogP contribution is -2.46. The summed E-state index contributed by atoms with van der Waals surface area (Å²) in [6.07, 6.45) is -5.89. The number of hydrogen-bond acceptors (Lipinski definition) is 4. The molecule has 0 bridgehead atoms. The van der Waals surface area contributed by atoms with Crippen LogP contribution in [0, 0.1) is 11.8 Å². The molecule has 3 nitrogen and oxygen atoms in total. The molecular formula is C27H29ClF4N3PS. The molecule has 10 heteroatoms. The van der Waals surface area contributed by atoms with Gasteiger partial charge in [0.1, 0.15) is 6.17 Å². The molecule has 4 rings (SSSR count). The molecule has 0 amide bonds. The normalized spacial score (nSPS) is 18.6. The van der Waals surface area contributed by atoms with Crippen molar-refractivity contribution in [3.8, 4) is 11.8 Å². The Balaban J connectivity index is 1.59. The maximum Gasteiger partial charge on any atom is 0.393 e. The van der Waals surface area contributed by atoms with Gasteiger partial charge in [-0.05, 0) is 61.3 Å². The molecule has 198 valence electrons. The Morgan fingerprint density at radius 2 is 1.97 bits per heavy atom. The number of fused-ring (bicyclic) bond motifs is 1. The van der Waals surface area contributed by atoms with E-state index in [9.17, 15) is 17.6 Å². The summed E-state index contributed by atoms with van der Waals surface area (Å²) in [5.74, 6) is 5.90. The van der Waals surface area contributed by atoms with Crippen LogP contribution in [-0.4, -0.2) is 63.3 Å². The predicted molar refractivity (Wildman–Crippen MR) is 151 cm³/mol. The van der Waals surface area contributed by atoms with Crippen LogP contribution >= 0.6 is 30.9 Å². The molecule has 2 aromatic carbocycles. The maximum absolute atomic E-state index is 14.6. The molecule has 3 aromatic rings. The van der Waals surface area contributed by atoms with Crippen LogP contribution in [0.5, 0.6) is 0 Å². The Labute approximate surface area is 225 Å². The van der Waals surface area contributed by atoms with E-state index in [1.165, 1.54) is 16.6 Å². The molecule has 0 radical (unpaired) electrons. The Hall–Kier alpha value is -2.04. The van der Waals surface area contributed by atoms with Crippen LogP contribution in [0.1, 0.15) is 16.9 Å². The average molecular weight is 570 g/mol. The second-order valence-corrected chi connectivity index (χ2v) is 13.1. The number of hydrogen-bond donors (Lipinski definition) is 2. The third-order valence-electron chi connectivity index (χ3n) is 6.32. The van der Waals surface area contributed by atoms with Crippen molar-refractivity contribution in [2.45, 2.75) is 31.2 Å². The molecule has 1 aromatic heterocycles. The second kappa shape index (κ2) is 11.8. The lowest BCUT2D eigenvalue weighted by Gasteiger charge is -2.33. The van der Waals surface area contributed by atoms with Gasteiger partial charge in [0, 0.05) is 13.1 Å². The van der Waals surface area contributed by atoms with E-state index in [1.807, 2.05) is 30.1 Å². The zero-order valence-corrected chi connectivity index (χ0v) is 23.3. The SMILES string of the molecule is CN1CCC(Nc2cccc3c(CC(F)(F)F)c(C#CCNc4ccc(P(C)C)cc4Cl)sc23)C(F)C1. The number of alkyl halides is 4. The molecule has 2 heterocycles. The highest BCUT2D eigenvalue weighted by molar-refractivity contribution is 7.64. The van der Waals surface area contributed by atoms with E-state index >= 15 is 0 Å². The van der Waals surface area contributed by atoms with Crippen molar-refractivity contribution in [3.63, 3.8) is 0 Å². The third kappa shape index (κ3) is 7.09. The number of rotatable bonds is 6. The van der Waals surface area contributed by atoms with Gasteiger partial charge < -0.3 is 15.5 Å².